The molecule has 0 saturated heterocycles. The fraction of sp³-hybridized carbons (Fsp3) is 0.533. The number of guanidine groups is 1. The van der Waals surface area contributed by atoms with Crippen molar-refractivity contribution in [2.24, 2.45) is 4.99 Å². The van der Waals surface area contributed by atoms with E-state index in [0.29, 0.717) is 36.1 Å². The molecular formula is C15H24N4O4. The average Bonchev–Trinajstić information content (AvgIpc) is 2.89. The van der Waals surface area contributed by atoms with Gasteiger partial charge in [0, 0.05) is 20.6 Å². The van der Waals surface area contributed by atoms with Crippen molar-refractivity contribution >= 4 is 17.8 Å². The lowest BCUT2D eigenvalue weighted by Crippen LogP contribution is -2.38. The summed E-state index contributed by atoms with van der Waals surface area (Å²) in [7, 11) is 4.68. The number of ether oxygens (including phenoxy) is 1. The molecule has 23 heavy (non-hydrogen) atoms. The fourth-order valence-corrected chi connectivity index (χ4v) is 1.74. The van der Waals surface area contributed by atoms with Gasteiger partial charge in [-0.2, -0.15) is 0 Å². The Morgan fingerprint density at radius 1 is 1.35 bits per heavy atom. The molecule has 1 rings (SSSR count). The van der Waals surface area contributed by atoms with Gasteiger partial charge < -0.3 is 24.7 Å². The molecule has 0 aliphatic heterocycles. The minimum atomic E-state index is -0.436. The van der Waals surface area contributed by atoms with Gasteiger partial charge in [-0.25, -0.2) is 9.79 Å². The average molecular weight is 324 g/mol. The van der Waals surface area contributed by atoms with E-state index in [1.54, 1.807) is 27.1 Å². The summed E-state index contributed by atoms with van der Waals surface area (Å²) in [5.74, 6) is 1.04. The highest BCUT2D eigenvalue weighted by atomic mass is 16.5. The molecule has 1 heterocycles. The SMILES string of the molecule is CCNC(=NCC(=O)N(C)C)NCc1cc(C(=O)OC)c(C)o1. The van der Waals surface area contributed by atoms with Gasteiger partial charge in [0.2, 0.25) is 5.91 Å². The lowest BCUT2D eigenvalue weighted by atomic mass is 10.2. The van der Waals surface area contributed by atoms with Crippen molar-refractivity contribution < 1.29 is 18.7 Å². The van der Waals surface area contributed by atoms with E-state index in [1.807, 2.05) is 6.92 Å². The molecular weight excluding hydrogens is 300 g/mol. The number of furan rings is 1. The van der Waals surface area contributed by atoms with Crippen LogP contribution in [0.4, 0.5) is 0 Å². The summed E-state index contributed by atoms with van der Waals surface area (Å²) in [6.45, 7) is 4.67. The Morgan fingerprint density at radius 3 is 2.61 bits per heavy atom. The summed E-state index contributed by atoms with van der Waals surface area (Å²) in [4.78, 5) is 28.8. The van der Waals surface area contributed by atoms with E-state index in [0.717, 1.165) is 0 Å². The third-order valence-corrected chi connectivity index (χ3v) is 3.02. The van der Waals surface area contributed by atoms with Gasteiger partial charge in [0.05, 0.1) is 13.7 Å². The molecule has 1 aromatic heterocycles. The summed E-state index contributed by atoms with van der Waals surface area (Å²) < 4.78 is 10.2. The Labute approximate surface area is 135 Å². The zero-order valence-corrected chi connectivity index (χ0v) is 14.2. The minimum absolute atomic E-state index is 0.0485. The number of aliphatic imine (C=N–C) groups is 1. The number of hydrogen-bond acceptors (Lipinski definition) is 5. The Morgan fingerprint density at radius 2 is 2.04 bits per heavy atom. The topological polar surface area (TPSA) is 96.2 Å². The standard InChI is InChI=1S/C15H24N4O4/c1-6-16-15(18-9-13(20)19(3)4)17-8-11-7-12(10(2)23-11)14(21)22-5/h7H,6,8-9H2,1-5H3,(H2,16,17,18). The first-order valence-corrected chi connectivity index (χ1v) is 7.29. The number of carbonyl (C=O) groups is 2. The van der Waals surface area contributed by atoms with Gasteiger partial charge in [0.25, 0.3) is 0 Å². The second-order valence-corrected chi connectivity index (χ2v) is 5.01. The quantitative estimate of drug-likeness (QED) is 0.450. The predicted molar refractivity (Wildman–Crippen MR) is 86.3 cm³/mol. The van der Waals surface area contributed by atoms with Crippen molar-refractivity contribution in [1.82, 2.24) is 15.5 Å². The summed E-state index contributed by atoms with van der Waals surface area (Å²) in [5.41, 5.74) is 0.397. The molecule has 0 bridgehead atoms. The molecule has 0 saturated carbocycles. The van der Waals surface area contributed by atoms with Gasteiger partial charge in [0.15, 0.2) is 5.96 Å². The molecule has 0 atom stereocenters. The van der Waals surface area contributed by atoms with E-state index in [2.05, 4.69) is 20.4 Å². The van der Waals surface area contributed by atoms with Crippen molar-refractivity contribution in [2.75, 3.05) is 34.3 Å². The number of hydrogen-bond donors (Lipinski definition) is 2. The van der Waals surface area contributed by atoms with E-state index in [4.69, 9.17) is 4.42 Å². The maximum absolute atomic E-state index is 11.6. The molecule has 128 valence electrons. The molecule has 0 fully saturated rings. The Bertz CT molecular complexity index is 578. The highest BCUT2D eigenvalue weighted by Gasteiger charge is 2.15. The van der Waals surface area contributed by atoms with Crippen molar-refractivity contribution in [3.05, 3.63) is 23.2 Å². The summed E-state index contributed by atoms with van der Waals surface area (Å²) in [6.07, 6.45) is 0. The third-order valence-electron chi connectivity index (χ3n) is 3.02. The predicted octanol–water partition coefficient (Wildman–Crippen LogP) is 0.518. The van der Waals surface area contributed by atoms with Crippen LogP contribution in [-0.4, -0.2) is 57.0 Å². The van der Waals surface area contributed by atoms with Crippen molar-refractivity contribution in [2.45, 2.75) is 20.4 Å². The molecule has 8 heteroatoms. The molecule has 0 unspecified atom stereocenters. The van der Waals surface area contributed by atoms with Gasteiger partial charge in [-0.3, -0.25) is 4.79 Å². The fourth-order valence-electron chi connectivity index (χ4n) is 1.74. The first kappa shape index (κ1) is 18.5. The number of aryl methyl sites for hydroxylation is 1. The largest absolute Gasteiger partial charge is 0.465 e. The third kappa shape index (κ3) is 5.65. The highest BCUT2D eigenvalue weighted by molar-refractivity contribution is 5.90. The molecule has 1 aromatic rings. The van der Waals surface area contributed by atoms with E-state index < -0.39 is 5.97 Å². The molecule has 0 aromatic carbocycles. The Hall–Kier alpha value is -2.51. The number of carbonyl (C=O) groups excluding carboxylic acids is 2. The lowest BCUT2D eigenvalue weighted by molar-refractivity contribution is -0.127. The summed E-state index contributed by atoms with van der Waals surface area (Å²) >= 11 is 0. The van der Waals surface area contributed by atoms with Gasteiger partial charge >= 0.3 is 5.97 Å². The maximum atomic E-state index is 11.6. The van der Waals surface area contributed by atoms with Crippen molar-refractivity contribution in [3.8, 4) is 0 Å². The first-order valence-electron chi connectivity index (χ1n) is 7.29. The zero-order chi connectivity index (χ0) is 17.4. The summed E-state index contributed by atoms with van der Waals surface area (Å²) in [6, 6.07) is 1.63. The van der Waals surface area contributed by atoms with Gasteiger partial charge in [-0.05, 0) is 19.9 Å². The van der Waals surface area contributed by atoms with Crippen LogP contribution >= 0.6 is 0 Å². The highest BCUT2D eigenvalue weighted by Crippen LogP contribution is 2.15. The van der Waals surface area contributed by atoms with Crippen LogP contribution in [0.15, 0.2) is 15.5 Å². The van der Waals surface area contributed by atoms with Crippen LogP contribution in [0, 0.1) is 6.92 Å². The van der Waals surface area contributed by atoms with E-state index in [1.165, 1.54) is 12.0 Å². The van der Waals surface area contributed by atoms with Crippen LogP contribution in [0.2, 0.25) is 0 Å². The number of nitrogens with one attached hydrogen (secondary N) is 2. The lowest BCUT2D eigenvalue weighted by Gasteiger charge is -2.11. The van der Waals surface area contributed by atoms with Crippen molar-refractivity contribution in [1.29, 1.82) is 0 Å². The number of likely N-dealkylation sites (N-methyl/N-ethyl adjacent to an activating group) is 1. The van der Waals surface area contributed by atoms with Crippen LogP contribution in [0.1, 0.15) is 28.8 Å². The van der Waals surface area contributed by atoms with Crippen LogP contribution < -0.4 is 10.6 Å². The number of nitrogens with zero attached hydrogens (tertiary/aromatic N) is 2. The molecule has 0 aliphatic rings. The van der Waals surface area contributed by atoms with Crippen LogP contribution in [-0.2, 0) is 16.1 Å². The first-order chi connectivity index (χ1) is 10.9. The van der Waals surface area contributed by atoms with Crippen LogP contribution in [0.5, 0.6) is 0 Å². The zero-order valence-electron chi connectivity index (χ0n) is 14.2. The van der Waals surface area contributed by atoms with E-state index in [9.17, 15) is 9.59 Å². The number of methoxy groups -OCH3 is 1. The maximum Gasteiger partial charge on any atom is 0.341 e. The van der Waals surface area contributed by atoms with E-state index >= 15 is 0 Å². The molecule has 1 amide bonds. The van der Waals surface area contributed by atoms with E-state index in [-0.39, 0.29) is 12.5 Å². The number of rotatable bonds is 6. The molecule has 0 radical (unpaired) electrons. The molecule has 8 nitrogen and oxygen atoms in total. The second kappa shape index (κ2) is 8.82. The van der Waals surface area contributed by atoms with Gasteiger partial charge in [-0.15, -0.1) is 0 Å². The monoisotopic (exact) mass is 324 g/mol. The van der Waals surface area contributed by atoms with Crippen LogP contribution in [0.3, 0.4) is 0 Å². The summed E-state index contributed by atoms with van der Waals surface area (Å²) in [5, 5.41) is 6.09. The van der Waals surface area contributed by atoms with Gasteiger partial charge in [-0.1, -0.05) is 0 Å². The minimum Gasteiger partial charge on any atom is -0.465 e. The number of esters is 1. The molecule has 0 aliphatic carbocycles. The normalized spacial score (nSPS) is 11.1. The number of amides is 1. The molecule has 0 spiro atoms. The van der Waals surface area contributed by atoms with Gasteiger partial charge in [0.1, 0.15) is 23.6 Å². The second-order valence-electron chi connectivity index (χ2n) is 5.01. The Kier molecular flexibility index (Phi) is 7.11. The van der Waals surface area contributed by atoms with Crippen molar-refractivity contribution in [3.63, 3.8) is 0 Å². The molecule has 2 N–H and O–H groups in total. The smallest absolute Gasteiger partial charge is 0.341 e. The van der Waals surface area contributed by atoms with Crippen LogP contribution in [0.25, 0.3) is 0 Å². The Balaban J connectivity index is 2.70.